The number of carbonyl (C=O) groups is 5. The Bertz CT molecular complexity index is 1590. The Morgan fingerprint density at radius 2 is 1.66 bits per heavy atom. The van der Waals surface area contributed by atoms with Crippen molar-refractivity contribution < 1.29 is 33.8 Å². The maximum Gasteiger partial charge on any atom is 0.258 e. The summed E-state index contributed by atoms with van der Waals surface area (Å²) in [5.74, 6) is -2.44. The van der Waals surface area contributed by atoms with Crippen LogP contribution in [0.1, 0.15) is 32.8 Å². The lowest BCUT2D eigenvalue weighted by atomic mass is 9.99. The summed E-state index contributed by atoms with van der Waals surface area (Å²) in [6.45, 7) is 5.04. The van der Waals surface area contributed by atoms with Gasteiger partial charge in [-0.15, -0.1) is 11.8 Å². The number of carbonyl (C=O) groups excluding carboxylic acids is 5. The number of hydrogen-bond acceptors (Lipinski definition) is 8. The molecule has 5 amide bonds. The van der Waals surface area contributed by atoms with Crippen LogP contribution in [-0.2, 0) is 30.4 Å². The normalized spacial score (nSPS) is 16.5. The van der Waals surface area contributed by atoms with Crippen molar-refractivity contribution >= 4 is 52.1 Å². The first kappa shape index (κ1) is 35.2. The number of aliphatic hydroxyl groups is 1. The molecule has 0 radical (unpaired) electrons. The molecule has 12 nitrogen and oxygen atoms in total. The quantitative estimate of drug-likeness (QED) is 0.182. The van der Waals surface area contributed by atoms with E-state index in [-0.39, 0.29) is 18.2 Å². The summed E-state index contributed by atoms with van der Waals surface area (Å²) in [4.78, 5) is 66.3. The van der Waals surface area contributed by atoms with E-state index < -0.39 is 66.4 Å². The van der Waals surface area contributed by atoms with Crippen molar-refractivity contribution in [1.82, 2.24) is 20.9 Å². The lowest BCUT2D eigenvalue weighted by molar-refractivity contribution is -0.147. The van der Waals surface area contributed by atoms with E-state index in [9.17, 15) is 29.1 Å². The van der Waals surface area contributed by atoms with Crippen molar-refractivity contribution in [3.8, 4) is 5.75 Å². The van der Waals surface area contributed by atoms with Crippen molar-refractivity contribution in [3.05, 3.63) is 78.4 Å². The molecule has 4 rings (SSSR count). The minimum Gasteiger partial charge on any atom is -0.483 e. The SMILES string of the molecule is CC(C)(C)NC(=O)C1CSCN1C(=O)[C@@H](O)[C@H](Cc1ccccc1)NC(=O)[C@H](CC(N)=O)NC(=O)COc1cccc2ccccc12. The van der Waals surface area contributed by atoms with E-state index in [0.717, 1.165) is 10.8 Å². The smallest absolute Gasteiger partial charge is 0.258 e. The number of ether oxygens (including phenoxy) is 1. The number of primary amides is 1. The van der Waals surface area contributed by atoms with E-state index in [1.807, 2.05) is 51.1 Å². The van der Waals surface area contributed by atoms with E-state index >= 15 is 0 Å². The highest BCUT2D eigenvalue weighted by Gasteiger charge is 2.41. The third-order valence-corrected chi connectivity index (χ3v) is 8.40. The Morgan fingerprint density at radius 1 is 0.979 bits per heavy atom. The van der Waals surface area contributed by atoms with Crippen LogP contribution >= 0.6 is 11.8 Å². The zero-order chi connectivity index (χ0) is 34.1. The summed E-state index contributed by atoms with van der Waals surface area (Å²) in [6, 6.07) is 18.4. The van der Waals surface area contributed by atoms with Crippen molar-refractivity contribution in [2.24, 2.45) is 5.73 Å². The van der Waals surface area contributed by atoms with Crippen molar-refractivity contribution in [1.29, 1.82) is 0 Å². The maximum absolute atomic E-state index is 13.6. The van der Waals surface area contributed by atoms with Gasteiger partial charge in [0.05, 0.1) is 18.3 Å². The van der Waals surface area contributed by atoms with Crippen LogP contribution in [0.2, 0.25) is 0 Å². The molecule has 1 aliphatic heterocycles. The van der Waals surface area contributed by atoms with Gasteiger partial charge in [-0.3, -0.25) is 24.0 Å². The van der Waals surface area contributed by atoms with Crippen LogP contribution in [0.15, 0.2) is 72.8 Å². The van der Waals surface area contributed by atoms with Gasteiger partial charge >= 0.3 is 0 Å². The number of hydrogen-bond donors (Lipinski definition) is 5. The molecule has 1 saturated heterocycles. The first-order chi connectivity index (χ1) is 22.3. The summed E-state index contributed by atoms with van der Waals surface area (Å²) in [6.07, 6.45) is -2.24. The third kappa shape index (κ3) is 9.93. The van der Waals surface area contributed by atoms with Crippen LogP contribution in [-0.4, -0.2) is 87.5 Å². The van der Waals surface area contributed by atoms with Crippen molar-refractivity contribution in [3.63, 3.8) is 0 Å². The molecule has 13 heteroatoms. The van der Waals surface area contributed by atoms with E-state index in [4.69, 9.17) is 10.5 Å². The first-order valence-corrected chi connectivity index (χ1v) is 16.4. The average molecular weight is 664 g/mol. The van der Waals surface area contributed by atoms with Crippen LogP contribution in [0.25, 0.3) is 10.8 Å². The van der Waals surface area contributed by atoms with Crippen LogP contribution in [0, 0.1) is 0 Å². The maximum atomic E-state index is 13.6. The van der Waals surface area contributed by atoms with E-state index in [2.05, 4.69) is 16.0 Å². The van der Waals surface area contributed by atoms with Crippen LogP contribution in [0.3, 0.4) is 0 Å². The number of nitrogens with one attached hydrogen (secondary N) is 3. The number of rotatable bonds is 13. The summed E-state index contributed by atoms with van der Waals surface area (Å²) in [7, 11) is 0. The number of fused-ring (bicyclic) bond motifs is 1. The molecule has 47 heavy (non-hydrogen) atoms. The summed E-state index contributed by atoms with van der Waals surface area (Å²) in [5.41, 5.74) is 5.60. The largest absolute Gasteiger partial charge is 0.483 e. The highest BCUT2D eigenvalue weighted by molar-refractivity contribution is 7.99. The second-order valence-corrected chi connectivity index (χ2v) is 13.4. The third-order valence-electron chi connectivity index (χ3n) is 7.39. The molecule has 250 valence electrons. The lowest BCUT2D eigenvalue weighted by Crippen LogP contribution is -2.59. The molecule has 0 spiro atoms. The first-order valence-electron chi connectivity index (χ1n) is 15.2. The van der Waals surface area contributed by atoms with Gasteiger partial charge in [-0.05, 0) is 44.2 Å². The zero-order valence-corrected chi connectivity index (χ0v) is 27.4. The number of amides is 5. The number of benzene rings is 3. The second-order valence-electron chi connectivity index (χ2n) is 12.4. The Hall–Kier alpha value is -4.62. The van der Waals surface area contributed by atoms with Gasteiger partial charge in [0.25, 0.3) is 11.8 Å². The van der Waals surface area contributed by atoms with E-state index in [1.165, 1.54) is 16.7 Å². The minimum absolute atomic E-state index is 0.0424. The fraction of sp³-hybridized carbons (Fsp3) is 0.382. The second kappa shape index (κ2) is 15.8. The van der Waals surface area contributed by atoms with Gasteiger partial charge in [-0.1, -0.05) is 66.7 Å². The van der Waals surface area contributed by atoms with Gasteiger partial charge < -0.3 is 36.4 Å². The van der Waals surface area contributed by atoms with Crippen LogP contribution in [0.4, 0.5) is 0 Å². The molecule has 4 atom stereocenters. The number of thioether (sulfide) groups is 1. The highest BCUT2D eigenvalue weighted by Crippen LogP contribution is 2.25. The Morgan fingerprint density at radius 3 is 2.36 bits per heavy atom. The average Bonchev–Trinajstić information content (AvgIpc) is 3.52. The van der Waals surface area contributed by atoms with Crippen molar-refractivity contribution in [2.45, 2.75) is 63.4 Å². The molecule has 1 aliphatic rings. The summed E-state index contributed by atoms with van der Waals surface area (Å²) >= 11 is 1.38. The van der Waals surface area contributed by atoms with Crippen molar-refractivity contribution in [2.75, 3.05) is 18.2 Å². The predicted molar refractivity (Wildman–Crippen MR) is 179 cm³/mol. The topological polar surface area (TPSA) is 180 Å². The summed E-state index contributed by atoms with van der Waals surface area (Å²) < 4.78 is 5.73. The van der Waals surface area contributed by atoms with Gasteiger partial charge in [-0.25, -0.2) is 0 Å². The van der Waals surface area contributed by atoms with Gasteiger partial charge in [0.1, 0.15) is 17.8 Å². The molecule has 3 aromatic carbocycles. The van der Waals surface area contributed by atoms with Gasteiger partial charge in [0, 0.05) is 16.7 Å². The molecular weight excluding hydrogens is 622 g/mol. The monoisotopic (exact) mass is 663 g/mol. The Labute approximate surface area is 277 Å². The van der Waals surface area contributed by atoms with E-state index in [0.29, 0.717) is 17.1 Å². The standard InChI is InChI=1S/C34H41N5O7S/c1-34(2,3)38-32(44)26-19-47-20-39(26)33(45)30(42)24(16-21-10-5-4-6-11-21)37-31(43)25(17-28(35)40)36-29(41)18-46-27-15-9-13-22-12-7-8-14-23(22)27/h4-15,24-26,30,42H,16-20H2,1-3H3,(H2,35,40)(H,36,41)(H,37,43)(H,38,44)/t24-,25-,26?,30-/m0/s1. The Balaban J connectivity index is 1.48. The molecule has 3 aromatic rings. The van der Waals surface area contributed by atoms with E-state index in [1.54, 1.807) is 42.5 Å². The van der Waals surface area contributed by atoms with Crippen LogP contribution < -0.4 is 26.4 Å². The summed E-state index contributed by atoms with van der Waals surface area (Å²) in [5, 5.41) is 21.1. The lowest BCUT2D eigenvalue weighted by Gasteiger charge is -2.32. The molecule has 0 aliphatic carbocycles. The van der Waals surface area contributed by atoms with Gasteiger partial charge in [0.15, 0.2) is 12.7 Å². The number of nitrogens with zero attached hydrogens (tertiary/aromatic N) is 1. The molecule has 0 bridgehead atoms. The number of aliphatic hydroxyl groups excluding tert-OH is 1. The van der Waals surface area contributed by atoms with Gasteiger partial charge in [0.2, 0.25) is 17.7 Å². The van der Waals surface area contributed by atoms with Crippen LogP contribution in [0.5, 0.6) is 5.75 Å². The Kier molecular flexibility index (Phi) is 11.8. The fourth-order valence-electron chi connectivity index (χ4n) is 5.18. The molecule has 6 N–H and O–H groups in total. The molecule has 1 fully saturated rings. The molecule has 0 aromatic heterocycles. The predicted octanol–water partition coefficient (Wildman–Crippen LogP) is 1.48. The minimum atomic E-state index is -1.75. The zero-order valence-electron chi connectivity index (χ0n) is 26.6. The highest BCUT2D eigenvalue weighted by atomic mass is 32.2. The molecule has 0 saturated carbocycles. The number of nitrogens with two attached hydrogens (primary N) is 1. The van der Waals surface area contributed by atoms with Gasteiger partial charge in [-0.2, -0.15) is 0 Å². The molecule has 1 heterocycles. The molecular formula is C34H41N5O7S. The molecule has 1 unspecified atom stereocenters. The fourth-order valence-corrected chi connectivity index (χ4v) is 6.34.